The number of nitrogens with one attached hydrogen (secondary N) is 2. The van der Waals surface area contributed by atoms with Crippen LogP contribution >= 0.6 is 11.8 Å². The smallest absolute Gasteiger partial charge is 0.273 e. The first kappa shape index (κ1) is 12.4. The number of thioether (sulfide) groups is 1. The van der Waals surface area contributed by atoms with Crippen LogP contribution in [-0.4, -0.2) is 28.7 Å². The van der Waals surface area contributed by atoms with Crippen LogP contribution in [0.2, 0.25) is 0 Å². The molecule has 0 radical (unpaired) electrons. The summed E-state index contributed by atoms with van der Waals surface area (Å²) in [4.78, 5) is 23.4. The summed E-state index contributed by atoms with van der Waals surface area (Å²) in [5.41, 5.74) is 0.658. The Morgan fingerprint density at radius 1 is 1.44 bits per heavy atom. The van der Waals surface area contributed by atoms with Crippen molar-refractivity contribution in [1.29, 1.82) is 0 Å². The van der Waals surface area contributed by atoms with Crippen molar-refractivity contribution in [3.05, 3.63) is 30.3 Å². The number of rotatable bonds is 3. The molecule has 1 heterocycles. The highest BCUT2D eigenvalue weighted by molar-refractivity contribution is 8.01. The van der Waals surface area contributed by atoms with Crippen LogP contribution in [0.4, 0.5) is 5.69 Å². The molecule has 0 saturated carbocycles. The molecule has 2 amide bonds. The molecule has 94 valence electrons. The fourth-order valence-corrected chi connectivity index (χ4v) is 2.48. The lowest BCUT2D eigenvalue weighted by molar-refractivity contribution is -0.119. The molecule has 6 nitrogen and oxygen atoms in total. The minimum absolute atomic E-state index is 0.0267. The fraction of sp³-hybridized carbons (Fsp3) is 0.182. The molecule has 2 rings (SSSR count). The number of hydrazone groups is 1. The predicted molar refractivity (Wildman–Crippen MR) is 71.1 cm³/mol. The minimum atomic E-state index is -0.640. The van der Waals surface area contributed by atoms with Crippen LogP contribution in [0.15, 0.2) is 35.4 Å². The molecule has 7 heteroatoms. The van der Waals surface area contributed by atoms with Gasteiger partial charge in [-0.25, -0.2) is 0 Å². The Morgan fingerprint density at radius 2 is 2.17 bits per heavy atom. The van der Waals surface area contributed by atoms with Crippen molar-refractivity contribution in [2.45, 2.75) is 5.25 Å². The maximum Gasteiger partial charge on any atom is 0.273 e. The van der Waals surface area contributed by atoms with Gasteiger partial charge in [0.2, 0.25) is 5.91 Å². The third kappa shape index (κ3) is 2.62. The van der Waals surface area contributed by atoms with Crippen molar-refractivity contribution in [1.82, 2.24) is 5.32 Å². The summed E-state index contributed by atoms with van der Waals surface area (Å²) in [5, 5.41) is 8.06. The first-order valence-electron chi connectivity index (χ1n) is 5.26. The van der Waals surface area contributed by atoms with Gasteiger partial charge >= 0.3 is 0 Å². The molecule has 1 aromatic carbocycles. The number of carbonyl (C=O) groups excluding carboxylic acids is 2. The molecule has 18 heavy (non-hydrogen) atoms. The third-order valence-electron chi connectivity index (χ3n) is 2.39. The Hall–Kier alpha value is -2.02. The average Bonchev–Trinajstić information content (AvgIpc) is 2.78. The van der Waals surface area contributed by atoms with E-state index in [-0.39, 0.29) is 11.6 Å². The van der Waals surface area contributed by atoms with E-state index in [1.165, 1.54) is 11.8 Å². The van der Waals surface area contributed by atoms with Gasteiger partial charge in [-0.05, 0) is 12.1 Å². The van der Waals surface area contributed by atoms with Crippen LogP contribution in [0.25, 0.3) is 0 Å². The Kier molecular flexibility index (Phi) is 3.83. The van der Waals surface area contributed by atoms with Gasteiger partial charge in [-0.15, -0.1) is 11.8 Å². The first-order chi connectivity index (χ1) is 8.72. The lowest BCUT2D eigenvalue weighted by atomic mass is 10.2. The van der Waals surface area contributed by atoms with Crippen LogP contribution in [-0.2, 0) is 9.59 Å². The molecule has 0 spiro atoms. The van der Waals surface area contributed by atoms with Gasteiger partial charge in [-0.2, -0.15) is 5.10 Å². The molecule has 0 aliphatic carbocycles. The van der Waals surface area contributed by atoms with Gasteiger partial charge in [-0.1, -0.05) is 18.2 Å². The SMILES string of the molecule is NN=C(C(=O)Nc1ccccc1)C1SCNC1=O. The number of nitrogens with two attached hydrogens (primary N) is 1. The Morgan fingerprint density at radius 3 is 2.72 bits per heavy atom. The lowest BCUT2D eigenvalue weighted by Crippen LogP contribution is -2.38. The monoisotopic (exact) mass is 264 g/mol. The number of hydrogen-bond donors (Lipinski definition) is 3. The standard InChI is InChI=1S/C11H12N4O2S/c12-15-8(9-11(17)13-6-18-9)10(16)14-7-4-2-1-3-5-7/h1-5,9H,6,12H2,(H,13,17)(H,14,16). The van der Waals surface area contributed by atoms with E-state index in [0.29, 0.717) is 11.6 Å². The van der Waals surface area contributed by atoms with E-state index in [4.69, 9.17) is 5.84 Å². The van der Waals surface area contributed by atoms with Gasteiger partial charge in [0, 0.05) is 5.69 Å². The summed E-state index contributed by atoms with van der Waals surface area (Å²) in [7, 11) is 0. The summed E-state index contributed by atoms with van der Waals surface area (Å²) in [5.74, 6) is 4.96. The fourth-order valence-electron chi connectivity index (χ4n) is 1.53. The van der Waals surface area contributed by atoms with E-state index >= 15 is 0 Å². The number of benzene rings is 1. The summed E-state index contributed by atoms with van der Waals surface area (Å²) in [6.07, 6.45) is 0. The second-order valence-electron chi connectivity index (χ2n) is 3.57. The largest absolute Gasteiger partial charge is 0.346 e. The summed E-state index contributed by atoms with van der Waals surface area (Å²) >= 11 is 1.29. The average molecular weight is 264 g/mol. The summed E-state index contributed by atoms with van der Waals surface area (Å²) < 4.78 is 0. The van der Waals surface area contributed by atoms with Gasteiger partial charge in [0.25, 0.3) is 5.91 Å². The van der Waals surface area contributed by atoms with Crippen LogP contribution in [0.5, 0.6) is 0 Å². The zero-order valence-corrected chi connectivity index (χ0v) is 10.2. The summed E-state index contributed by atoms with van der Waals surface area (Å²) in [6.45, 7) is 0. The molecule has 1 aliphatic rings. The molecule has 4 N–H and O–H groups in total. The predicted octanol–water partition coefficient (Wildman–Crippen LogP) is 0.129. The zero-order valence-electron chi connectivity index (χ0n) is 9.42. The molecular formula is C11H12N4O2S. The van der Waals surface area contributed by atoms with Gasteiger partial charge < -0.3 is 16.5 Å². The van der Waals surface area contributed by atoms with Crippen LogP contribution in [0.3, 0.4) is 0 Å². The van der Waals surface area contributed by atoms with Crippen molar-refractivity contribution in [2.24, 2.45) is 10.9 Å². The van der Waals surface area contributed by atoms with Crippen molar-refractivity contribution in [3.8, 4) is 0 Å². The molecule has 1 saturated heterocycles. The highest BCUT2D eigenvalue weighted by atomic mass is 32.2. The van der Waals surface area contributed by atoms with E-state index in [2.05, 4.69) is 15.7 Å². The van der Waals surface area contributed by atoms with E-state index in [9.17, 15) is 9.59 Å². The maximum absolute atomic E-state index is 12.0. The van der Waals surface area contributed by atoms with Crippen LogP contribution in [0, 0.1) is 0 Å². The maximum atomic E-state index is 12.0. The number of amides is 2. The van der Waals surface area contributed by atoms with E-state index in [0.717, 1.165) is 0 Å². The molecule has 1 atom stereocenters. The number of carbonyl (C=O) groups is 2. The van der Waals surface area contributed by atoms with Gasteiger partial charge in [0.1, 0.15) is 11.0 Å². The van der Waals surface area contributed by atoms with Gasteiger partial charge in [-0.3, -0.25) is 9.59 Å². The zero-order chi connectivity index (χ0) is 13.0. The Balaban J connectivity index is 2.09. The Bertz CT molecular complexity index is 489. The van der Waals surface area contributed by atoms with Crippen LogP contribution < -0.4 is 16.5 Å². The van der Waals surface area contributed by atoms with Gasteiger partial charge in [0.15, 0.2) is 0 Å². The lowest BCUT2D eigenvalue weighted by Gasteiger charge is -2.10. The molecule has 1 unspecified atom stereocenters. The number of hydrogen-bond acceptors (Lipinski definition) is 5. The normalized spacial score (nSPS) is 19.4. The molecule has 0 bridgehead atoms. The first-order valence-corrected chi connectivity index (χ1v) is 6.30. The van der Waals surface area contributed by atoms with E-state index < -0.39 is 11.2 Å². The second-order valence-corrected chi connectivity index (χ2v) is 4.66. The Labute approximate surface area is 108 Å². The van der Waals surface area contributed by atoms with Crippen molar-refractivity contribution in [3.63, 3.8) is 0 Å². The second kappa shape index (κ2) is 5.54. The molecule has 1 aliphatic heterocycles. The van der Waals surface area contributed by atoms with Crippen LogP contribution in [0.1, 0.15) is 0 Å². The molecule has 0 aromatic heterocycles. The van der Waals surface area contributed by atoms with E-state index in [1.54, 1.807) is 24.3 Å². The van der Waals surface area contributed by atoms with E-state index in [1.807, 2.05) is 6.07 Å². The third-order valence-corrected chi connectivity index (χ3v) is 3.47. The quantitative estimate of drug-likeness (QED) is 0.410. The van der Waals surface area contributed by atoms with Crippen molar-refractivity contribution < 1.29 is 9.59 Å². The number of nitrogens with zero attached hydrogens (tertiary/aromatic N) is 1. The molecular weight excluding hydrogens is 252 g/mol. The molecule has 1 aromatic rings. The summed E-state index contributed by atoms with van der Waals surface area (Å²) in [6, 6.07) is 8.92. The highest BCUT2D eigenvalue weighted by Gasteiger charge is 2.34. The number of para-hydroxylation sites is 1. The van der Waals surface area contributed by atoms with Crippen molar-refractivity contribution in [2.75, 3.05) is 11.2 Å². The highest BCUT2D eigenvalue weighted by Crippen LogP contribution is 2.18. The topological polar surface area (TPSA) is 96.6 Å². The minimum Gasteiger partial charge on any atom is -0.346 e. The van der Waals surface area contributed by atoms with Gasteiger partial charge in [0.05, 0.1) is 5.88 Å². The molecule has 1 fully saturated rings. The van der Waals surface area contributed by atoms with Crippen molar-refractivity contribution >= 4 is 35.0 Å². The number of anilines is 1.